The Kier molecular flexibility index (Phi) is 8.36. The molecule has 5 nitrogen and oxygen atoms in total. The van der Waals surface area contributed by atoms with Crippen LogP contribution in [-0.4, -0.2) is 28.8 Å². The van der Waals surface area contributed by atoms with Gasteiger partial charge in [0.2, 0.25) is 0 Å². The molecule has 3 N–H and O–H groups in total. The van der Waals surface area contributed by atoms with Gasteiger partial charge < -0.3 is 11.1 Å². The van der Waals surface area contributed by atoms with Gasteiger partial charge in [-0.25, -0.2) is 4.68 Å². The first-order valence-electron chi connectivity index (χ1n) is 8.38. The normalized spacial score (nSPS) is 13.0. The van der Waals surface area contributed by atoms with E-state index in [4.69, 9.17) is 5.73 Å². The topological polar surface area (TPSA) is 72.9 Å². The number of allylic oxidation sites excluding steroid dienone is 9. The van der Waals surface area contributed by atoms with Crippen molar-refractivity contribution in [2.75, 3.05) is 13.1 Å². The summed E-state index contributed by atoms with van der Waals surface area (Å²) >= 11 is 0. The fourth-order valence-corrected chi connectivity index (χ4v) is 2.41. The van der Waals surface area contributed by atoms with E-state index in [1.54, 1.807) is 10.8 Å². The lowest BCUT2D eigenvalue weighted by Crippen LogP contribution is -2.29. The molecule has 1 rings (SSSR count). The van der Waals surface area contributed by atoms with Crippen LogP contribution >= 0.6 is 0 Å². The van der Waals surface area contributed by atoms with Crippen molar-refractivity contribution in [1.82, 2.24) is 15.1 Å². The molecule has 1 heterocycles. The average Bonchev–Trinajstić information content (AvgIpc) is 2.95. The molecule has 0 aliphatic rings. The monoisotopic (exact) mass is 340 g/mol. The van der Waals surface area contributed by atoms with E-state index in [0.717, 1.165) is 22.5 Å². The van der Waals surface area contributed by atoms with E-state index in [2.05, 4.69) is 17.0 Å². The summed E-state index contributed by atoms with van der Waals surface area (Å²) in [7, 11) is 0. The van der Waals surface area contributed by atoms with Crippen LogP contribution in [0.15, 0.2) is 49.1 Å². The summed E-state index contributed by atoms with van der Waals surface area (Å²) in [6, 6.07) is 0. The van der Waals surface area contributed by atoms with E-state index in [0.29, 0.717) is 18.8 Å². The highest BCUT2D eigenvalue weighted by atomic mass is 16.1. The molecule has 0 atom stereocenters. The minimum absolute atomic E-state index is 0.228. The molecular formula is C20H28N4O. The number of aromatic nitrogens is 2. The number of amides is 1. The Balaban J connectivity index is 3.63. The number of carbonyl (C=O) groups excluding carboxylic acids is 1. The van der Waals surface area contributed by atoms with E-state index in [1.807, 2.05) is 64.2 Å². The highest BCUT2D eigenvalue weighted by Crippen LogP contribution is 2.26. The van der Waals surface area contributed by atoms with Gasteiger partial charge in [-0.05, 0) is 39.3 Å². The second-order valence-electron chi connectivity index (χ2n) is 5.34. The van der Waals surface area contributed by atoms with Crippen LogP contribution in [-0.2, 0) is 0 Å². The van der Waals surface area contributed by atoms with Crippen LogP contribution in [0.2, 0.25) is 0 Å². The Morgan fingerprint density at radius 2 is 2.04 bits per heavy atom. The van der Waals surface area contributed by atoms with Gasteiger partial charge >= 0.3 is 0 Å². The zero-order valence-corrected chi connectivity index (χ0v) is 15.5. The maximum absolute atomic E-state index is 12.4. The Morgan fingerprint density at radius 3 is 2.56 bits per heavy atom. The zero-order valence-electron chi connectivity index (χ0n) is 15.5. The van der Waals surface area contributed by atoms with Gasteiger partial charge in [-0.2, -0.15) is 5.10 Å². The molecular weight excluding hydrogens is 312 g/mol. The summed E-state index contributed by atoms with van der Waals surface area (Å²) in [5.41, 5.74) is 9.28. The SMILES string of the molecule is C=C/C(=C\C=C/C)c1c(C)c(C(=O)NCCN)nn1C(/C=C\C)=C/C. The van der Waals surface area contributed by atoms with E-state index >= 15 is 0 Å². The predicted octanol–water partition coefficient (Wildman–Crippen LogP) is 3.46. The zero-order chi connectivity index (χ0) is 18.8. The minimum atomic E-state index is -0.228. The van der Waals surface area contributed by atoms with Gasteiger partial charge in [-0.15, -0.1) is 0 Å². The van der Waals surface area contributed by atoms with Crippen molar-refractivity contribution in [3.63, 3.8) is 0 Å². The molecule has 1 amide bonds. The first-order valence-corrected chi connectivity index (χ1v) is 8.38. The van der Waals surface area contributed by atoms with Crippen molar-refractivity contribution in [3.8, 4) is 0 Å². The Hall–Kier alpha value is -2.66. The summed E-state index contributed by atoms with van der Waals surface area (Å²) in [6.07, 6.45) is 13.4. The minimum Gasteiger partial charge on any atom is -0.349 e. The summed E-state index contributed by atoms with van der Waals surface area (Å²) in [4.78, 5) is 12.4. The molecule has 5 heteroatoms. The second-order valence-corrected chi connectivity index (χ2v) is 5.34. The Morgan fingerprint density at radius 1 is 1.32 bits per heavy atom. The second kappa shape index (κ2) is 10.3. The van der Waals surface area contributed by atoms with E-state index in [9.17, 15) is 4.79 Å². The van der Waals surface area contributed by atoms with Crippen molar-refractivity contribution in [3.05, 3.63) is 66.1 Å². The molecule has 0 bridgehead atoms. The molecule has 0 aliphatic heterocycles. The summed E-state index contributed by atoms with van der Waals surface area (Å²) < 4.78 is 1.78. The first kappa shape index (κ1) is 20.4. The smallest absolute Gasteiger partial charge is 0.272 e. The highest BCUT2D eigenvalue weighted by Gasteiger charge is 2.22. The van der Waals surface area contributed by atoms with E-state index < -0.39 is 0 Å². The molecule has 134 valence electrons. The molecule has 0 spiro atoms. The largest absolute Gasteiger partial charge is 0.349 e. The van der Waals surface area contributed by atoms with Crippen LogP contribution in [0.1, 0.15) is 42.5 Å². The molecule has 0 saturated heterocycles. The third kappa shape index (κ3) is 4.90. The average molecular weight is 340 g/mol. The van der Waals surface area contributed by atoms with Crippen molar-refractivity contribution < 1.29 is 4.79 Å². The summed E-state index contributed by atoms with van der Waals surface area (Å²) in [5, 5.41) is 7.34. The highest BCUT2D eigenvalue weighted by molar-refractivity contribution is 5.96. The van der Waals surface area contributed by atoms with Gasteiger partial charge in [0, 0.05) is 18.7 Å². The number of hydrogen-bond acceptors (Lipinski definition) is 3. The molecule has 0 radical (unpaired) electrons. The van der Waals surface area contributed by atoms with Crippen LogP contribution in [0.5, 0.6) is 0 Å². The van der Waals surface area contributed by atoms with Crippen LogP contribution < -0.4 is 11.1 Å². The Labute approximate surface area is 150 Å². The van der Waals surface area contributed by atoms with E-state index in [1.165, 1.54) is 0 Å². The number of hydrogen-bond donors (Lipinski definition) is 2. The van der Waals surface area contributed by atoms with Crippen molar-refractivity contribution in [2.45, 2.75) is 27.7 Å². The third-order valence-corrected chi connectivity index (χ3v) is 3.61. The van der Waals surface area contributed by atoms with Crippen LogP contribution in [0.25, 0.3) is 11.3 Å². The fourth-order valence-electron chi connectivity index (χ4n) is 2.41. The summed E-state index contributed by atoms with van der Waals surface area (Å²) in [5.74, 6) is -0.228. The number of nitrogens with one attached hydrogen (secondary N) is 1. The molecule has 1 aromatic heterocycles. The predicted molar refractivity (Wildman–Crippen MR) is 106 cm³/mol. The van der Waals surface area contributed by atoms with Gasteiger partial charge in [-0.3, -0.25) is 4.79 Å². The van der Waals surface area contributed by atoms with Gasteiger partial charge in [0.1, 0.15) is 0 Å². The first-order chi connectivity index (χ1) is 12.0. The molecule has 0 fully saturated rings. The lowest BCUT2D eigenvalue weighted by atomic mass is 10.1. The third-order valence-electron chi connectivity index (χ3n) is 3.61. The number of carbonyl (C=O) groups is 1. The number of nitrogens with two attached hydrogens (primary N) is 1. The molecule has 0 aromatic carbocycles. The summed E-state index contributed by atoms with van der Waals surface area (Å²) in [6.45, 7) is 12.4. The van der Waals surface area contributed by atoms with Crippen LogP contribution in [0.3, 0.4) is 0 Å². The standard InChI is InChI=1S/C20H28N4O/c1-6-10-12-16(8-3)19-15(5)18(20(25)22-14-13-21)23-24(19)17(9-4)11-7-2/h6-12H,3,13-14,21H2,1-2,4-5H3,(H,22,25)/b10-6-,11-7-,16-12+,17-9+. The van der Waals surface area contributed by atoms with Gasteiger partial charge in [0.05, 0.1) is 11.4 Å². The maximum atomic E-state index is 12.4. The quantitative estimate of drug-likeness (QED) is 0.712. The molecule has 0 saturated carbocycles. The lowest BCUT2D eigenvalue weighted by Gasteiger charge is -2.09. The number of rotatable bonds is 8. The van der Waals surface area contributed by atoms with Crippen molar-refractivity contribution >= 4 is 17.2 Å². The molecule has 25 heavy (non-hydrogen) atoms. The molecule has 0 aliphatic carbocycles. The van der Waals surface area contributed by atoms with Crippen molar-refractivity contribution in [2.24, 2.45) is 5.73 Å². The Bertz CT molecular complexity index is 733. The fraction of sp³-hybridized carbons (Fsp3) is 0.300. The molecule has 1 aromatic rings. The van der Waals surface area contributed by atoms with Crippen LogP contribution in [0.4, 0.5) is 0 Å². The van der Waals surface area contributed by atoms with Gasteiger partial charge in [-0.1, -0.05) is 43.0 Å². The molecule has 0 unspecified atom stereocenters. The van der Waals surface area contributed by atoms with Gasteiger partial charge in [0.25, 0.3) is 5.91 Å². The van der Waals surface area contributed by atoms with Gasteiger partial charge in [0.15, 0.2) is 5.69 Å². The lowest BCUT2D eigenvalue weighted by molar-refractivity contribution is 0.0949. The maximum Gasteiger partial charge on any atom is 0.272 e. The number of nitrogens with zero attached hydrogens (tertiary/aromatic N) is 2. The van der Waals surface area contributed by atoms with Crippen molar-refractivity contribution in [1.29, 1.82) is 0 Å². The van der Waals surface area contributed by atoms with Crippen LogP contribution in [0, 0.1) is 6.92 Å². The van der Waals surface area contributed by atoms with E-state index in [-0.39, 0.29) is 5.91 Å².